The van der Waals surface area contributed by atoms with Gasteiger partial charge in [0.2, 0.25) is 0 Å². The van der Waals surface area contributed by atoms with Gasteiger partial charge in [-0.15, -0.1) is 0 Å². The van der Waals surface area contributed by atoms with Gasteiger partial charge in [0.15, 0.2) is 0 Å². The van der Waals surface area contributed by atoms with Gasteiger partial charge in [-0.2, -0.15) is 0 Å². The Morgan fingerprint density at radius 2 is 0.819 bits per heavy atom. The summed E-state index contributed by atoms with van der Waals surface area (Å²) in [4.78, 5) is 21.7. The van der Waals surface area contributed by atoms with Crippen molar-refractivity contribution in [2.75, 3.05) is 233 Å². The van der Waals surface area contributed by atoms with E-state index in [2.05, 4.69) is 245 Å². The number of likely N-dealkylation sites (N-methyl/N-ethyl adjacent to an activating group) is 5. The highest BCUT2D eigenvalue weighted by Crippen LogP contribution is 2.04. The van der Waals surface area contributed by atoms with Gasteiger partial charge < -0.3 is 77.3 Å². The minimum Gasteiger partial charge on any atom is -0.330 e. The lowest BCUT2D eigenvalue weighted by molar-refractivity contribution is 0.134. The van der Waals surface area contributed by atoms with E-state index in [4.69, 9.17) is 11.5 Å². The van der Waals surface area contributed by atoms with E-state index >= 15 is 0 Å². The molecule has 0 saturated carbocycles. The van der Waals surface area contributed by atoms with Gasteiger partial charge in [0.25, 0.3) is 0 Å². The summed E-state index contributed by atoms with van der Waals surface area (Å²) in [7, 11) is 15.1. The van der Waals surface area contributed by atoms with Crippen molar-refractivity contribution in [2.24, 2.45) is 11.5 Å². The number of unbranched alkanes of at least 4 members (excludes halogenated alkanes) is 4. The van der Waals surface area contributed by atoms with Gasteiger partial charge in [0, 0.05) is 128 Å². The van der Waals surface area contributed by atoms with Gasteiger partial charge in [0.1, 0.15) is 0 Å². The van der Waals surface area contributed by atoms with E-state index in [1.807, 2.05) is 0 Å². The molecule has 2 fully saturated rings. The van der Waals surface area contributed by atoms with Crippen LogP contribution in [0.4, 0.5) is 0 Å². The number of piperazine rings is 2. The standard InChI is InChI=1S/C13H31N3.C12H29N3.C11H25N3.C11H27N3.C9H22N2.C5H12N2.2C3H8/c1-13(2)16(11-7-9-14(3)4)12-8-10-15(5)6;1-5-14(6-2)11-9-13-10-12-15(7-3)8-4;1-11(2)13(4)7-10-14-8-5-12(3)6-9-14;1-11(2,3)14-9-6-4-5-8-13-10-7-12;1-9(2,3)11-8-6-4-5-7-10;1-7-4-2-6-3-5-7;2*1-3-2/h13H,7-12H2,1-6H3;13H,5-12H2,1-4H3;11H,5-10H2,1-4H3;13-14H,4-10,12H2,1-3H3;11H,4-8,10H2,1-3H3;6H,2-5H2,1H3;2*3H2,1-2H3. The van der Waals surface area contributed by atoms with Crippen molar-refractivity contribution in [1.29, 1.82) is 0 Å². The van der Waals surface area contributed by atoms with Gasteiger partial charge in [0.05, 0.1) is 0 Å². The number of nitrogens with zero attached hydrogens (tertiary/aromatic N) is 9. The fourth-order valence-electron chi connectivity index (χ4n) is 8.04. The van der Waals surface area contributed by atoms with Gasteiger partial charge >= 0.3 is 0 Å². The summed E-state index contributed by atoms with van der Waals surface area (Å²) in [5.74, 6) is 0. The average Bonchev–Trinajstić information content (AvgIpc) is 3.41. The Labute approximate surface area is 524 Å². The number of rotatable bonds is 36. The molecule has 9 N–H and O–H groups in total. The largest absolute Gasteiger partial charge is 0.330 e. The molecule has 0 aromatic heterocycles. The van der Waals surface area contributed by atoms with E-state index in [9.17, 15) is 0 Å². The Kier molecular flexibility index (Phi) is 77.6. The molecular weight excluding hydrogens is 1030 g/mol. The third-order valence-electron chi connectivity index (χ3n) is 14.0. The molecule has 2 rings (SSSR count). The van der Waals surface area contributed by atoms with Crippen LogP contribution in [0, 0.1) is 0 Å². The Morgan fingerprint density at radius 3 is 1.14 bits per heavy atom. The summed E-state index contributed by atoms with van der Waals surface area (Å²) >= 11 is 0. The smallest absolute Gasteiger partial charge is 0.0110 e. The van der Waals surface area contributed by atoms with Crippen molar-refractivity contribution in [3.8, 4) is 0 Å². The van der Waals surface area contributed by atoms with Crippen LogP contribution in [-0.4, -0.2) is 300 Å². The molecule has 16 heteroatoms. The van der Waals surface area contributed by atoms with Crippen molar-refractivity contribution in [1.82, 2.24) is 70.7 Å². The lowest BCUT2D eigenvalue weighted by atomic mass is 10.1. The zero-order valence-corrected chi connectivity index (χ0v) is 61.7. The molecule has 0 atom stereocenters. The molecular formula is C67H162N16. The fraction of sp³-hybridized carbons (Fsp3) is 1.00. The highest BCUT2D eigenvalue weighted by Gasteiger charge is 2.15. The first-order valence-electron chi connectivity index (χ1n) is 34.5. The van der Waals surface area contributed by atoms with Crippen molar-refractivity contribution in [3.05, 3.63) is 0 Å². The van der Waals surface area contributed by atoms with Crippen LogP contribution in [0.5, 0.6) is 0 Å². The molecule has 0 bridgehead atoms. The molecule has 2 saturated heterocycles. The maximum Gasteiger partial charge on any atom is 0.0110 e. The maximum atomic E-state index is 5.38. The molecule has 2 aliphatic rings. The molecule has 0 amide bonds. The van der Waals surface area contributed by atoms with Gasteiger partial charge in [-0.1, -0.05) is 81.1 Å². The van der Waals surface area contributed by atoms with Crippen LogP contribution in [0.15, 0.2) is 0 Å². The number of hydrogen-bond donors (Lipinski definition) is 7. The van der Waals surface area contributed by atoms with E-state index < -0.39 is 0 Å². The van der Waals surface area contributed by atoms with Crippen molar-refractivity contribution in [2.45, 2.75) is 212 Å². The fourth-order valence-corrected chi connectivity index (χ4v) is 8.04. The van der Waals surface area contributed by atoms with Crippen LogP contribution in [0.2, 0.25) is 0 Å². The summed E-state index contributed by atoms with van der Waals surface area (Å²) in [5, 5.41) is 17.0. The van der Waals surface area contributed by atoms with Crippen molar-refractivity contribution >= 4 is 0 Å². The molecule has 510 valence electrons. The first-order valence-corrected chi connectivity index (χ1v) is 34.5. The van der Waals surface area contributed by atoms with Crippen LogP contribution >= 0.6 is 0 Å². The van der Waals surface area contributed by atoms with Crippen LogP contribution in [0.25, 0.3) is 0 Å². The number of hydrogen-bond acceptors (Lipinski definition) is 16. The highest BCUT2D eigenvalue weighted by molar-refractivity contribution is 4.73. The summed E-state index contributed by atoms with van der Waals surface area (Å²) in [6.07, 6.45) is 12.5. The van der Waals surface area contributed by atoms with Crippen molar-refractivity contribution < 1.29 is 0 Å². The third-order valence-corrected chi connectivity index (χ3v) is 14.0. The minimum absolute atomic E-state index is 0.262. The number of nitrogens with one attached hydrogen (secondary N) is 5. The average molecular weight is 1190 g/mol. The van der Waals surface area contributed by atoms with Gasteiger partial charge in [-0.25, -0.2) is 0 Å². The number of nitrogens with two attached hydrogens (primary N) is 2. The maximum absolute atomic E-state index is 5.38. The summed E-state index contributed by atoms with van der Waals surface area (Å²) < 4.78 is 0. The van der Waals surface area contributed by atoms with Crippen LogP contribution < -0.4 is 38.1 Å². The zero-order chi connectivity index (χ0) is 64.8. The van der Waals surface area contributed by atoms with Crippen LogP contribution in [0.1, 0.15) is 189 Å². The van der Waals surface area contributed by atoms with E-state index in [0.29, 0.717) is 12.1 Å². The predicted molar refractivity (Wildman–Crippen MR) is 380 cm³/mol. The highest BCUT2D eigenvalue weighted by atomic mass is 15.3. The molecule has 83 heavy (non-hydrogen) atoms. The Balaban J connectivity index is -0.000000212. The molecule has 16 nitrogen and oxygen atoms in total. The molecule has 0 aliphatic carbocycles. The van der Waals surface area contributed by atoms with Crippen LogP contribution in [-0.2, 0) is 0 Å². The summed E-state index contributed by atoms with van der Waals surface area (Å²) in [6, 6.07) is 1.34. The first kappa shape index (κ1) is 93.5. The summed E-state index contributed by atoms with van der Waals surface area (Å²) in [5.41, 5.74) is 11.3. The lowest BCUT2D eigenvalue weighted by Crippen LogP contribution is -2.47. The first-order chi connectivity index (χ1) is 39.1. The molecule has 0 spiro atoms. The Bertz CT molecular complexity index is 1120. The van der Waals surface area contributed by atoms with Crippen LogP contribution in [0.3, 0.4) is 0 Å². The minimum atomic E-state index is 0.262. The van der Waals surface area contributed by atoms with Gasteiger partial charge in [-0.3, -0.25) is 4.90 Å². The SMILES string of the molecule is CC(C)(C)NCCCCCN.CC(C)(C)NCCCCCNCCN.CC(C)N(C)CCN1CCN(C)CC1.CC(C)N(CCCN(C)C)CCCN(C)C.CCC.CCC.CCN(CC)CCNCCN(CC)CC.CN1CCNCC1. The Hall–Kier alpha value is -0.640. The normalized spacial score (nSPS) is 14.2. The van der Waals surface area contributed by atoms with Crippen molar-refractivity contribution in [3.63, 3.8) is 0 Å². The predicted octanol–water partition coefficient (Wildman–Crippen LogP) is 8.38. The second-order valence-corrected chi connectivity index (χ2v) is 26.2. The molecule has 0 aromatic carbocycles. The second kappa shape index (κ2) is 68.8. The third kappa shape index (κ3) is 85.6. The lowest BCUT2D eigenvalue weighted by Gasteiger charge is -2.33. The molecule has 2 heterocycles. The molecule has 0 radical (unpaired) electrons. The van der Waals surface area contributed by atoms with E-state index in [1.165, 1.54) is 149 Å². The quantitative estimate of drug-likeness (QED) is 0.0302. The van der Waals surface area contributed by atoms with E-state index in [0.717, 1.165) is 98.0 Å². The monoisotopic (exact) mass is 1190 g/mol. The van der Waals surface area contributed by atoms with E-state index in [1.54, 1.807) is 0 Å². The summed E-state index contributed by atoms with van der Waals surface area (Å²) in [6.45, 7) is 71.7. The second-order valence-electron chi connectivity index (χ2n) is 26.2. The topological polar surface area (TPSA) is 141 Å². The molecule has 0 unspecified atom stereocenters. The van der Waals surface area contributed by atoms with Gasteiger partial charge in [-0.05, 0) is 236 Å². The molecule has 0 aromatic rings. The van der Waals surface area contributed by atoms with E-state index in [-0.39, 0.29) is 11.1 Å². The molecule has 2 aliphatic heterocycles. The Morgan fingerprint density at radius 1 is 0.434 bits per heavy atom. The zero-order valence-electron chi connectivity index (χ0n) is 61.7.